The molecule has 2 atom stereocenters. The van der Waals surface area contributed by atoms with Crippen molar-refractivity contribution >= 4 is 23.8 Å². The Morgan fingerprint density at radius 2 is 2.04 bits per heavy atom. The molecule has 138 valence electrons. The van der Waals surface area contributed by atoms with Crippen molar-refractivity contribution in [1.29, 1.82) is 0 Å². The minimum absolute atomic E-state index is 0.151. The zero-order chi connectivity index (χ0) is 18.7. The molecule has 0 aromatic heterocycles. The van der Waals surface area contributed by atoms with Gasteiger partial charge in [-0.3, -0.25) is 19.2 Å². The second-order valence-corrected chi connectivity index (χ2v) is 5.71. The van der Waals surface area contributed by atoms with Crippen LogP contribution in [-0.4, -0.2) is 58.9 Å². The van der Waals surface area contributed by atoms with Gasteiger partial charge in [0.05, 0.1) is 6.42 Å². The van der Waals surface area contributed by atoms with Gasteiger partial charge in [0.2, 0.25) is 0 Å². The van der Waals surface area contributed by atoms with E-state index in [9.17, 15) is 24.3 Å². The minimum atomic E-state index is -2.20. The van der Waals surface area contributed by atoms with Crippen LogP contribution < -0.4 is 10.1 Å². The van der Waals surface area contributed by atoms with Gasteiger partial charge in [-0.1, -0.05) is 18.2 Å². The number of carbonyl (C=O) groups is 4. The molecule has 0 saturated carbocycles. The lowest BCUT2D eigenvalue weighted by atomic mass is 10.1. The quantitative estimate of drug-likeness (QED) is 0.642. The zero-order valence-corrected chi connectivity index (χ0v) is 13.5. The molecule has 2 aliphatic rings. The zero-order valence-electron chi connectivity index (χ0n) is 13.5. The van der Waals surface area contributed by atoms with Crippen LogP contribution in [0.2, 0.25) is 0 Å². The summed E-state index contributed by atoms with van der Waals surface area (Å²) in [6.45, 7) is -0.602. The Kier molecular flexibility index (Phi) is 4.76. The van der Waals surface area contributed by atoms with Crippen LogP contribution in [0.5, 0.6) is 5.75 Å². The fourth-order valence-electron chi connectivity index (χ4n) is 2.66. The summed E-state index contributed by atoms with van der Waals surface area (Å²) in [4.78, 5) is 52.3. The van der Waals surface area contributed by atoms with Crippen LogP contribution in [0.1, 0.15) is 12.8 Å². The summed E-state index contributed by atoms with van der Waals surface area (Å²) < 4.78 is 10.1. The number of ether oxygens (including phenoxy) is 2. The number of esters is 1. The van der Waals surface area contributed by atoms with Crippen LogP contribution in [0.15, 0.2) is 30.3 Å². The molecule has 0 bridgehead atoms. The molecule has 10 heteroatoms. The summed E-state index contributed by atoms with van der Waals surface area (Å²) in [5, 5.41) is 12.3. The summed E-state index contributed by atoms with van der Waals surface area (Å²) in [6.07, 6.45) is -0.383. The molecule has 3 rings (SSSR count). The van der Waals surface area contributed by atoms with E-state index in [2.05, 4.69) is 5.32 Å². The van der Waals surface area contributed by atoms with Crippen molar-refractivity contribution in [3.63, 3.8) is 0 Å². The summed E-state index contributed by atoms with van der Waals surface area (Å²) in [5.41, 5.74) is -2.20. The lowest BCUT2D eigenvalue weighted by Crippen LogP contribution is -2.56. The molecule has 10 nitrogen and oxygen atoms in total. The van der Waals surface area contributed by atoms with Crippen molar-refractivity contribution in [2.24, 2.45) is 0 Å². The average molecular weight is 364 g/mol. The summed E-state index contributed by atoms with van der Waals surface area (Å²) in [7, 11) is 0. The van der Waals surface area contributed by atoms with Gasteiger partial charge in [-0.25, -0.2) is 4.79 Å². The van der Waals surface area contributed by atoms with Crippen LogP contribution in [-0.2, 0) is 28.8 Å². The van der Waals surface area contributed by atoms with E-state index in [0.717, 1.165) is 0 Å². The molecule has 26 heavy (non-hydrogen) atoms. The number of carboxylic acids is 1. The van der Waals surface area contributed by atoms with Gasteiger partial charge >= 0.3 is 17.7 Å². The number of amides is 2. The van der Waals surface area contributed by atoms with Crippen molar-refractivity contribution in [1.82, 2.24) is 10.4 Å². The number of cyclic esters (lactones) is 1. The van der Waals surface area contributed by atoms with Crippen LogP contribution >= 0.6 is 0 Å². The van der Waals surface area contributed by atoms with E-state index in [1.54, 1.807) is 30.3 Å². The second-order valence-electron chi connectivity index (χ2n) is 5.71. The number of nitrogens with zero attached hydrogens (tertiary/aromatic N) is 1. The number of hydroxylamine groups is 2. The number of rotatable bonds is 6. The van der Waals surface area contributed by atoms with Crippen LogP contribution in [0.25, 0.3) is 0 Å². The monoisotopic (exact) mass is 364 g/mol. The number of aliphatic carboxylic acids is 1. The molecule has 0 unspecified atom stereocenters. The highest BCUT2D eigenvalue weighted by atomic mass is 16.7. The van der Waals surface area contributed by atoms with Crippen molar-refractivity contribution in [3.05, 3.63) is 30.3 Å². The first-order chi connectivity index (χ1) is 12.4. The minimum Gasteiger partial charge on any atom is -0.484 e. The molecule has 2 N–H and O–H groups in total. The third-order valence-corrected chi connectivity index (χ3v) is 3.93. The van der Waals surface area contributed by atoms with Crippen molar-refractivity contribution in [3.8, 4) is 5.75 Å². The number of hydrogen-bond acceptors (Lipinski definition) is 7. The molecule has 1 aromatic rings. The highest BCUT2D eigenvalue weighted by Crippen LogP contribution is 2.33. The van der Waals surface area contributed by atoms with E-state index >= 15 is 0 Å². The first kappa shape index (κ1) is 17.7. The largest absolute Gasteiger partial charge is 0.484 e. The summed E-state index contributed by atoms with van der Waals surface area (Å²) >= 11 is 0. The molecule has 2 fully saturated rings. The first-order valence-corrected chi connectivity index (χ1v) is 7.82. The molecular weight excluding hydrogens is 348 g/mol. The van der Waals surface area contributed by atoms with E-state index < -0.39 is 35.5 Å². The van der Waals surface area contributed by atoms with Gasteiger partial charge < -0.3 is 19.9 Å². The molecular formula is C16H16N2O8. The molecule has 0 radical (unpaired) electrons. The molecule has 2 heterocycles. The van der Waals surface area contributed by atoms with Crippen LogP contribution in [0, 0.1) is 0 Å². The highest BCUT2D eigenvalue weighted by Gasteiger charge is 2.59. The Labute approximate surface area is 147 Å². The van der Waals surface area contributed by atoms with Crippen LogP contribution in [0.4, 0.5) is 0 Å². The summed E-state index contributed by atoms with van der Waals surface area (Å²) in [5.74, 6) is -3.16. The van der Waals surface area contributed by atoms with Gasteiger partial charge in [0.1, 0.15) is 18.4 Å². The van der Waals surface area contributed by atoms with Crippen molar-refractivity contribution < 1.29 is 38.6 Å². The lowest BCUT2D eigenvalue weighted by molar-refractivity contribution is -0.256. The second kappa shape index (κ2) is 7.00. The maximum atomic E-state index is 12.4. The fourth-order valence-corrected chi connectivity index (χ4v) is 2.66. The normalized spacial score (nSPS) is 25.1. The Bertz CT molecular complexity index is 737. The SMILES string of the molecule is O=C(COc1ccccc1)N[C@H]1CON([C@@]2(C(=O)O)CCC(=O)O2)C1=O. The molecule has 0 aliphatic carbocycles. The number of para-hydroxylation sites is 1. The average Bonchev–Trinajstić information content (AvgIpc) is 3.18. The predicted molar refractivity (Wildman–Crippen MR) is 82.4 cm³/mol. The highest BCUT2D eigenvalue weighted by molar-refractivity contribution is 5.94. The van der Waals surface area contributed by atoms with Gasteiger partial charge in [-0.2, -0.15) is 5.06 Å². The maximum absolute atomic E-state index is 12.4. The van der Waals surface area contributed by atoms with Crippen molar-refractivity contribution in [2.45, 2.75) is 24.6 Å². The van der Waals surface area contributed by atoms with Gasteiger partial charge in [-0.05, 0) is 12.1 Å². The Hall–Kier alpha value is -3.14. The topological polar surface area (TPSA) is 131 Å². The van der Waals surface area contributed by atoms with Gasteiger partial charge in [0, 0.05) is 6.42 Å². The molecule has 0 spiro atoms. The first-order valence-electron chi connectivity index (χ1n) is 7.82. The Morgan fingerprint density at radius 3 is 2.65 bits per heavy atom. The van der Waals surface area contributed by atoms with Gasteiger partial charge in [0.25, 0.3) is 11.8 Å². The van der Waals surface area contributed by atoms with E-state index in [-0.39, 0.29) is 26.1 Å². The number of benzene rings is 1. The lowest BCUT2D eigenvalue weighted by Gasteiger charge is -2.30. The van der Waals surface area contributed by atoms with E-state index in [1.807, 2.05) is 0 Å². The number of hydrogen-bond donors (Lipinski definition) is 2. The number of nitrogens with one attached hydrogen (secondary N) is 1. The number of carbonyl (C=O) groups excluding carboxylic acids is 3. The van der Waals surface area contributed by atoms with E-state index in [1.165, 1.54) is 0 Å². The van der Waals surface area contributed by atoms with Gasteiger partial charge in [-0.15, -0.1) is 0 Å². The van der Waals surface area contributed by atoms with Crippen LogP contribution in [0.3, 0.4) is 0 Å². The molecule has 2 aliphatic heterocycles. The van der Waals surface area contributed by atoms with E-state index in [0.29, 0.717) is 10.8 Å². The van der Waals surface area contributed by atoms with Crippen molar-refractivity contribution in [2.75, 3.05) is 13.2 Å². The maximum Gasteiger partial charge on any atom is 0.372 e. The Morgan fingerprint density at radius 1 is 1.31 bits per heavy atom. The summed E-state index contributed by atoms with van der Waals surface area (Å²) in [6, 6.07) is 7.52. The van der Waals surface area contributed by atoms with E-state index in [4.69, 9.17) is 14.3 Å². The third kappa shape index (κ3) is 3.31. The standard InChI is InChI=1S/C16H16N2O8/c19-12(9-24-10-4-2-1-3-5-10)17-11-8-25-18(14(11)21)16(15(22)23)7-6-13(20)26-16/h1-5,11H,6-9H2,(H,17,19)(H,22,23)/t11-,16-/m0/s1. The third-order valence-electron chi connectivity index (χ3n) is 3.93. The van der Waals surface area contributed by atoms with Gasteiger partial charge in [0.15, 0.2) is 6.61 Å². The predicted octanol–water partition coefficient (Wildman–Crippen LogP) is -0.558. The molecule has 2 saturated heterocycles. The fraction of sp³-hybridized carbons (Fsp3) is 0.375. The Balaban J connectivity index is 1.59. The number of carboxylic acid groups (broad SMARTS) is 1. The molecule has 2 amide bonds. The molecule has 1 aromatic carbocycles. The smallest absolute Gasteiger partial charge is 0.372 e.